The Hall–Kier alpha value is -1.25. The first-order chi connectivity index (χ1) is 18.5. The Balaban J connectivity index is 4.22. The molecule has 0 saturated carbocycles. The van der Waals surface area contributed by atoms with Gasteiger partial charge < -0.3 is 27.9 Å². The Labute approximate surface area is 237 Å². The van der Waals surface area contributed by atoms with Crippen LogP contribution in [0.25, 0.3) is 0 Å². The van der Waals surface area contributed by atoms with Crippen LogP contribution in [0.4, 0.5) is 0 Å². The van der Waals surface area contributed by atoms with Gasteiger partial charge in [-0.15, -0.1) is 6.58 Å². The molecule has 0 radical (unpaired) electrons. The first-order valence-electron chi connectivity index (χ1n) is 14.9. The summed E-state index contributed by atoms with van der Waals surface area (Å²) in [6, 6.07) is 0. The SMILES string of the molecule is C=CCCC(=O)OC(COC(=O)CCCCCCCCCCCCCCC)COP(=O)([O-])OCC[N+](C)(C)C. The molecule has 10 heteroatoms. The molecule has 0 saturated heterocycles. The quantitative estimate of drug-likeness (QED) is 0.0379. The van der Waals surface area contributed by atoms with Crippen LogP contribution in [0.2, 0.25) is 0 Å². The zero-order valence-corrected chi connectivity index (χ0v) is 26.1. The Morgan fingerprint density at radius 3 is 1.87 bits per heavy atom. The van der Waals surface area contributed by atoms with E-state index in [1.807, 2.05) is 21.1 Å². The number of carbonyl (C=O) groups is 2. The molecule has 0 aromatic heterocycles. The van der Waals surface area contributed by atoms with Crippen LogP contribution >= 0.6 is 7.82 Å². The molecule has 0 amide bonds. The fraction of sp³-hybridized carbons (Fsp3) is 0.862. The van der Waals surface area contributed by atoms with Crippen LogP contribution < -0.4 is 4.89 Å². The van der Waals surface area contributed by atoms with Gasteiger partial charge in [0.25, 0.3) is 7.82 Å². The van der Waals surface area contributed by atoms with E-state index in [0.717, 1.165) is 19.3 Å². The van der Waals surface area contributed by atoms with Crippen molar-refractivity contribution in [2.24, 2.45) is 0 Å². The van der Waals surface area contributed by atoms with Crippen LogP contribution in [0.5, 0.6) is 0 Å². The molecule has 39 heavy (non-hydrogen) atoms. The van der Waals surface area contributed by atoms with E-state index in [1.165, 1.54) is 64.2 Å². The van der Waals surface area contributed by atoms with E-state index in [-0.39, 0.29) is 26.1 Å². The molecule has 0 N–H and O–H groups in total. The normalized spacial score (nSPS) is 14.0. The second kappa shape index (κ2) is 23.5. The number of nitrogens with zero attached hydrogens (tertiary/aromatic N) is 1. The first kappa shape index (κ1) is 37.8. The van der Waals surface area contributed by atoms with Crippen molar-refractivity contribution in [2.75, 3.05) is 47.5 Å². The Morgan fingerprint density at radius 2 is 1.36 bits per heavy atom. The number of quaternary nitrogens is 1. The highest BCUT2D eigenvalue weighted by Gasteiger charge is 2.21. The Morgan fingerprint density at radius 1 is 0.821 bits per heavy atom. The Kier molecular flexibility index (Phi) is 22.7. The molecule has 0 aliphatic rings. The zero-order chi connectivity index (χ0) is 29.4. The molecule has 9 nitrogen and oxygen atoms in total. The molecular formula is C29H56NO8P. The predicted molar refractivity (Wildman–Crippen MR) is 153 cm³/mol. The summed E-state index contributed by atoms with van der Waals surface area (Å²) >= 11 is 0. The van der Waals surface area contributed by atoms with Gasteiger partial charge >= 0.3 is 11.9 Å². The van der Waals surface area contributed by atoms with Crippen molar-refractivity contribution >= 4 is 19.8 Å². The van der Waals surface area contributed by atoms with E-state index in [2.05, 4.69) is 13.5 Å². The van der Waals surface area contributed by atoms with Crippen molar-refractivity contribution in [3.63, 3.8) is 0 Å². The Bertz CT molecular complexity index is 695. The average molecular weight is 578 g/mol. The van der Waals surface area contributed by atoms with Crippen molar-refractivity contribution in [1.82, 2.24) is 0 Å². The van der Waals surface area contributed by atoms with E-state index < -0.39 is 32.5 Å². The maximum Gasteiger partial charge on any atom is 0.306 e. The van der Waals surface area contributed by atoms with E-state index in [0.29, 0.717) is 17.4 Å². The summed E-state index contributed by atoms with van der Waals surface area (Å²) in [6.07, 6.45) is 17.1. The lowest BCUT2D eigenvalue weighted by molar-refractivity contribution is -0.870. The molecular weight excluding hydrogens is 521 g/mol. The average Bonchev–Trinajstić information content (AvgIpc) is 2.86. The maximum atomic E-state index is 12.2. The second-order valence-corrected chi connectivity index (χ2v) is 12.6. The summed E-state index contributed by atoms with van der Waals surface area (Å²) in [5, 5.41) is 0. The number of hydrogen-bond donors (Lipinski definition) is 0. The van der Waals surface area contributed by atoms with E-state index in [9.17, 15) is 19.0 Å². The summed E-state index contributed by atoms with van der Waals surface area (Å²) < 4.78 is 32.9. The van der Waals surface area contributed by atoms with Crippen LogP contribution in [0.3, 0.4) is 0 Å². The van der Waals surface area contributed by atoms with E-state index in [4.69, 9.17) is 18.5 Å². The van der Waals surface area contributed by atoms with Crippen LogP contribution in [0, 0.1) is 0 Å². The summed E-state index contributed by atoms with van der Waals surface area (Å²) in [6.45, 7) is 5.46. The fourth-order valence-electron chi connectivity index (χ4n) is 3.76. The summed E-state index contributed by atoms with van der Waals surface area (Å²) in [4.78, 5) is 36.3. The molecule has 2 unspecified atom stereocenters. The highest BCUT2D eigenvalue weighted by molar-refractivity contribution is 7.45. The third kappa shape index (κ3) is 26.7. The molecule has 0 aliphatic heterocycles. The summed E-state index contributed by atoms with van der Waals surface area (Å²) in [5.41, 5.74) is 0. The molecule has 0 bridgehead atoms. The van der Waals surface area contributed by atoms with Gasteiger partial charge in [0.05, 0.1) is 27.7 Å². The number of likely N-dealkylation sites (N-methyl/N-ethyl adjacent to an activating group) is 1. The van der Waals surface area contributed by atoms with Gasteiger partial charge in [-0.3, -0.25) is 14.2 Å². The third-order valence-corrected chi connectivity index (χ3v) is 7.16. The molecule has 230 valence electrons. The number of ether oxygens (including phenoxy) is 2. The van der Waals surface area contributed by atoms with Gasteiger partial charge in [0.1, 0.15) is 19.8 Å². The van der Waals surface area contributed by atoms with Crippen LogP contribution in [0.15, 0.2) is 12.7 Å². The zero-order valence-electron chi connectivity index (χ0n) is 25.2. The van der Waals surface area contributed by atoms with E-state index >= 15 is 0 Å². The number of phosphoric ester groups is 1. The number of phosphoric acid groups is 1. The van der Waals surface area contributed by atoms with Crippen molar-refractivity contribution < 1.29 is 42.1 Å². The van der Waals surface area contributed by atoms with Crippen molar-refractivity contribution in [2.45, 2.75) is 116 Å². The van der Waals surface area contributed by atoms with Crippen molar-refractivity contribution in [3.05, 3.63) is 12.7 Å². The molecule has 0 fully saturated rings. The second-order valence-electron chi connectivity index (χ2n) is 11.2. The minimum absolute atomic E-state index is 0.0395. The smallest absolute Gasteiger partial charge is 0.306 e. The summed E-state index contributed by atoms with van der Waals surface area (Å²) in [7, 11) is 1.13. The molecule has 0 aromatic carbocycles. The largest absolute Gasteiger partial charge is 0.756 e. The standard InChI is InChI=1S/C29H56NO8P/c1-6-8-10-11-12-13-14-15-16-17-18-19-20-22-28(31)35-25-27(38-29(32)21-9-7-2)26-37-39(33,34)36-24-23-30(3,4)5/h7,27H,2,6,8-26H2,1,3-5H3. The molecule has 0 aromatic rings. The third-order valence-electron chi connectivity index (χ3n) is 6.20. The van der Waals surface area contributed by atoms with Gasteiger partial charge in [0.2, 0.25) is 0 Å². The van der Waals surface area contributed by atoms with Crippen molar-refractivity contribution in [1.29, 1.82) is 0 Å². The lowest BCUT2D eigenvalue weighted by Gasteiger charge is -2.28. The number of rotatable bonds is 27. The summed E-state index contributed by atoms with van der Waals surface area (Å²) in [5.74, 6) is -0.961. The van der Waals surface area contributed by atoms with Gasteiger partial charge in [0, 0.05) is 12.8 Å². The number of unbranched alkanes of at least 4 members (excludes halogenated alkanes) is 12. The fourth-order valence-corrected chi connectivity index (χ4v) is 4.49. The molecule has 0 spiro atoms. The van der Waals surface area contributed by atoms with Gasteiger partial charge in [-0.25, -0.2) is 0 Å². The van der Waals surface area contributed by atoms with Crippen molar-refractivity contribution in [3.8, 4) is 0 Å². The highest BCUT2D eigenvalue weighted by atomic mass is 31.2. The van der Waals surface area contributed by atoms with Crippen LogP contribution in [0.1, 0.15) is 110 Å². The minimum atomic E-state index is -4.60. The first-order valence-corrected chi connectivity index (χ1v) is 16.3. The highest BCUT2D eigenvalue weighted by Crippen LogP contribution is 2.38. The van der Waals surface area contributed by atoms with Gasteiger partial charge in [-0.05, 0) is 12.8 Å². The van der Waals surface area contributed by atoms with Gasteiger partial charge in [-0.2, -0.15) is 0 Å². The van der Waals surface area contributed by atoms with Gasteiger partial charge in [-0.1, -0.05) is 90.0 Å². The lowest BCUT2D eigenvalue weighted by atomic mass is 10.0. The van der Waals surface area contributed by atoms with Crippen LogP contribution in [-0.4, -0.2) is 70.0 Å². The van der Waals surface area contributed by atoms with E-state index in [1.54, 1.807) is 6.08 Å². The lowest BCUT2D eigenvalue weighted by Crippen LogP contribution is -2.37. The monoisotopic (exact) mass is 577 g/mol. The minimum Gasteiger partial charge on any atom is -0.756 e. The number of carbonyl (C=O) groups excluding carboxylic acids is 2. The molecule has 0 rings (SSSR count). The molecule has 0 aliphatic carbocycles. The predicted octanol–water partition coefficient (Wildman–Crippen LogP) is 6.10. The topological polar surface area (TPSA) is 111 Å². The molecule has 0 heterocycles. The number of hydrogen-bond acceptors (Lipinski definition) is 8. The van der Waals surface area contributed by atoms with Crippen LogP contribution in [-0.2, 0) is 32.7 Å². The number of allylic oxidation sites excluding steroid dienone is 1. The number of esters is 2. The maximum absolute atomic E-state index is 12.2. The molecule has 2 atom stereocenters. The van der Waals surface area contributed by atoms with Gasteiger partial charge in [0.15, 0.2) is 6.10 Å².